The molecular weight excluding hydrogens is 528 g/mol. The fourth-order valence-electron chi connectivity index (χ4n) is 5.76. The van der Waals surface area contributed by atoms with Gasteiger partial charge in [-0.1, -0.05) is 23.7 Å². The number of nitrogens with zero attached hydrogens (tertiary/aromatic N) is 3. The number of carbonyl (C=O) groups excluding carboxylic acids is 2. The van der Waals surface area contributed by atoms with Crippen LogP contribution in [0.3, 0.4) is 0 Å². The number of aryl methyl sites for hydroxylation is 2. The maximum atomic E-state index is 12.9. The lowest BCUT2D eigenvalue weighted by atomic mass is 10.00. The maximum absolute atomic E-state index is 12.9. The fourth-order valence-corrected chi connectivity index (χ4v) is 5.88. The highest BCUT2D eigenvalue weighted by Gasteiger charge is 2.52. The fraction of sp³-hybridized carbons (Fsp3) is 0.536. The predicted molar refractivity (Wildman–Crippen MR) is 144 cm³/mol. The van der Waals surface area contributed by atoms with E-state index in [0.29, 0.717) is 17.9 Å². The average Bonchev–Trinajstić information content (AvgIpc) is 3.55. The molecular formula is C28H34ClF2N5O3. The number of rotatable bonds is 9. The smallest absolute Gasteiger partial charge is 0.255 e. The Bertz CT molecular complexity index is 1220. The highest BCUT2D eigenvalue weighted by molar-refractivity contribution is 6.31. The summed E-state index contributed by atoms with van der Waals surface area (Å²) in [6.45, 7) is 5.74. The van der Waals surface area contributed by atoms with E-state index in [9.17, 15) is 18.4 Å². The molecule has 2 amide bonds. The number of likely N-dealkylation sites (tertiary alicyclic amines) is 2. The number of alkyl halides is 2. The first-order chi connectivity index (χ1) is 18.7. The standard InChI is InChI=1S/C28H34ClF2N5O3/c1-16-11-18(3-4-21(16)29)15-35-9-7-20(8-10-35)36-22(5-6-25(36)37)26-28(39-26)34-24-13-19(12-17(2)33-24)27(38)32-14-23(30)31/h3-4,11-13,20,22-23,26,28H,5-10,14-15H2,1-2H3,(H,32,38)(H,33,34)/t22-,26?,28?/m1/s1. The third-order valence-corrected chi connectivity index (χ3v) is 8.13. The number of anilines is 1. The van der Waals surface area contributed by atoms with Crippen molar-refractivity contribution in [3.8, 4) is 0 Å². The zero-order valence-corrected chi connectivity index (χ0v) is 22.9. The van der Waals surface area contributed by atoms with Crippen molar-refractivity contribution in [1.29, 1.82) is 0 Å². The third kappa shape index (κ3) is 6.67. The zero-order valence-electron chi connectivity index (χ0n) is 22.1. The van der Waals surface area contributed by atoms with Gasteiger partial charge in [-0.3, -0.25) is 14.5 Å². The number of aromatic nitrogens is 1. The Hall–Kier alpha value is -2.82. The van der Waals surface area contributed by atoms with Gasteiger partial charge in [-0.2, -0.15) is 0 Å². The zero-order chi connectivity index (χ0) is 27.7. The van der Waals surface area contributed by atoms with Crippen molar-refractivity contribution in [2.75, 3.05) is 25.0 Å². The number of pyridine rings is 1. The van der Waals surface area contributed by atoms with Crippen LogP contribution in [0.15, 0.2) is 30.3 Å². The van der Waals surface area contributed by atoms with Crippen LogP contribution in [0.4, 0.5) is 14.6 Å². The topological polar surface area (TPSA) is 90.1 Å². The largest absolute Gasteiger partial charge is 0.346 e. The molecule has 11 heteroatoms. The van der Waals surface area contributed by atoms with Crippen LogP contribution in [0.1, 0.15) is 52.9 Å². The first-order valence-corrected chi connectivity index (χ1v) is 13.8. The van der Waals surface area contributed by atoms with Crippen molar-refractivity contribution < 1.29 is 23.1 Å². The highest BCUT2D eigenvalue weighted by Crippen LogP contribution is 2.38. The van der Waals surface area contributed by atoms with Crippen LogP contribution in [0.25, 0.3) is 0 Å². The number of halogens is 3. The normalized spacial score (nSPS) is 23.9. The van der Waals surface area contributed by atoms with Gasteiger partial charge in [0.1, 0.15) is 11.9 Å². The molecule has 1 aromatic heterocycles. The van der Waals surface area contributed by atoms with E-state index in [1.54, 1.807) is 13.0 Å². The number of hydrogen-bond acceptors (Lipinski definition) is 6. The molecule has 210 valence electrons. The molecule has 3 aliphatic heterocycles. The van der Waals surface area contributed by atoms with Crippen molar-refractivity contribution in [2.24, 2.45) is 0 Å². The van der Waals surface area contributed by atoms with Crippen LogP contribution in [0.5, 0.6) is 0 Å². The van der Waals surface area contributed by atoms with Crippen LogP contribution in [0, 0.1) is 13.8 Å². The van der Waals surface area contributed by atoms with E-state index < -0.39 is 18.9 Å². The molecule has 39 heavy (non-hydrogen) atoms. The molecule has 0 radical (unpaired) electrons. The van der Waals surface area contributed by atoms with Gasteiger partial charge >= 0.3 is 0 Å². The molecule has 8 nitrogen and oxygen atoms in total. The lowest BCUT2D eigenvalue weighted by Crippen LogP contribution is -2.50. The molecule has 3 fully saturated rings. The van der Waals surface area contributed by atoms with Gasteiger partial charge in [0.25, 0.3) is 12.3 Å². The molecule has 0 spiro atoms. The molecule has 0 aliphatic carbocycles. The molecule has 3 atom stereocenters. The van der Waals surface area contributed by atoms with Crippen LogP contribution in [-0.4, -0.2) is 77.1 Å². The number of hydrogen-bond donors (Lipinski definition) is 2. The van der Waals surface area contributed by atoms with Gasteiger partial charge in [-0.15, -0.1) is 0 Å². The van der Waals surface area contributed by atoms with Crippen LogP contribution in [-0.2, 0) is 16.1 Å². The molecule has 0 bridgehead atoms. The molecule has 0 saturated carbocycles. The van der Waals surface area contributed by atoms with E-state index in [2.05, 4.69) is 32.7 Å². The SMILES string of the molecule is Cc1cc(C(=O)NCC(F)F)cc(NC2OC2[C@H]2CCC(=O)N2C2CCN(Cc3ccc(Cl)c(C)c3)CC2)n1. The number of ether oxygens (including phenoxy) is 1. The van der Waals surface area contributed by atoms with E-state index in [1.807, 2.05) is 17.9 Å². The Morgan fingerprint density at radius 3 is 2.67 bits per heavy atom. The number of epoxide rings is 1. The maximum Gasteiger partial charge on any atom is 0.255 e. The summed E-state index contributed by atoms with van der Waals surface area (Å²) in [6.07, 6.45) is -0.0283. The van der Waals surface area contributed by atoms with Gasteiger partial charge in [0, 0.05) is 48.4 Å². The number of nitrogens with one attached hydrogen (secondary N) is 2. The lowest BCUT2D eigenvalue weighted by Gasteiger charge is -2.39. The van der Waals surface area contributed by atoms with Gasteiger partial charge in [0.2, 0.25) is 5.91 Å². The van der Waals surface area contributed by atoms with E-state index in [4.69, 9.17) is 16.3 Å². The molecule has 2 aromatic rings. The molecule has 2 N–H and O–H groups in total. The van der Waals surface area contributed by atoms with Gasteiger partial charge in [0.05, 0.1) is 12.6 Å². The monoisotopic (exact) mass is 561 g/mol. The summed E-state index contributed by atoms with van der Waals surface area (Å²) in [7, 11) is 0. The minimum absolute atomic E-state index is 0.0101. The Balaban J connectivity index is 1.16. The summed E-state index contributed by atoms with van der Waals surface area (Å²) in [4.78, 5) is 34.0. The third-order valence-electron chi connectivity index (χ3n) is 7.71. The molecule has 3 aliphatic rings. The van der Waals surface area contributed by atoms with Crippen molar-refractivity contribution in [2.45, 2.75) is 76.9 Å². The molecule has 5 rings (SSSR count). The first-order valence-electron chi connectivity index (χ1n) is 13.4. The summed E-state index contributed by atoms with van der Waals surface area (Å²) in [6, 6.07) is 9.40. The van der Waals surface area contributed by atoms with Gasteiger partial charge in [0.15, 0.2) is 6.23 Å². The van der Waals surface area contributed by atoms with E-state index in [1.165, 1.54) is 11.6 Å². The van der Waals surface area contributed by atoms with Crippen molar-refractivity contribution >= 4 is 29.2 Å². The van der Waals surface area contributed by atoms with E-state index in [0.717, 1.165) is 49.5 Å². The summed E-state index contributed by atoms with van der Waals surface area (Å²) < 4.78 is 30.9. The second-order valence-electron chi connectivity index (χ2n) is 10.6. The quantitative estimate of drug-likeness (QED) is 0.447. The Morgan fingerprint density at radius 1 is 1.18 bits per heavy atom. The Kier molecular flexibility index (Phi) is 8.35. The lowest BCUT2D eigenvalue weighted by molar-refractivity contribution is -0.132. The van der Waals surface area contributed by atoms with Crippen molar-refractivity contribution in [3.63, 3.8) is 0 Å². The highest BCUT2D eigenvalue weighted by atomic mass is 35.5. The predicted octanol–water partition coefficient (Wildman–Crippen LogP) is 4.14. The molecule has 3 saturated heterocycles. The summed E-state index contributed by atoms with van der Waals surface area (Å²) >= 11 is 6.17. The van der Waals surface area contributed by atoms with Crippen LogP contribution < -0.4 is 10.6 Å². The summed E-state index contributed by atoms with van der Waals surface area (Å²) in [5.74, 6) is 0.0289. The van der Waals surface area contributed by atoms with Gasteiger partial charge in [-0.25, -0.2) is 13.8 Å². The molecule has 4 heterocycles. The summed E-state index contributed by atoms with van der Waals surface area (Å²) in [5.41, 5.74) is 3.15. The minimum atomic E-state index is -2.62. The van der Waals surface area contributed by atoms with Crippen molar-refractivity contribution in [3.05, 3.63) is 57.7 Å². The Morgan fingerprint density at radius 2 is 1.95 bits per heavy atom. The van der Waals surface area contributed by atoms with Crippen LogP contribution in [0.2, 0.25) is 5.02 Å². The molecule has 2 unspecified atom stereocenters. The number of piperidine rings is 1. The molecule has 1 aromatic carbocycles. The first kappa shape index (κ1) is 27.7. The second kappa shape index (κ2) is 11.7. The number of carbonyl (C=O) groups is 2. The minimum Gasteiger partial charge on any atom is -0.346 e. The van der Waals surface area contributed by atoms with Crippen molar-refractivity contribution in [1.82, 2.24) is 20.1 Å². The van der Waals surface area contributed by atoms with Gasteiger partial charge in [-0.05, 0) is 62.4 Å². The Labute approximate surface area is 232 Å². The second-order valence-corrected chi connectivity index (χ2v) is 11.1. The average molecular weight is 562 g/mol. The van der Waals surface area contributed by atoms with Gasteiger partial charge < -0.3 is 20.3 Å². The summed E-state index contributed by atoms with van der Waals surface area (Å²) in [5, 5.41) is 6.20. The van der Waals surface area contributed by atoms with Crippen LogP contribution >= 0.6 is 11.6 Å². The number of amides is 2. The van der Waals surface area contributed by atoms with E-state index in [-0.39, 0.29) is 35.9 Å². The number of benzene rings is 1. The van der Waals surface area contributed by atoms with E-state index >= 15 is 0 Å².